The molecular formula is C19H24ClF3N2O. The van der Waals surface area contributed by atoms with E-state index in [0.29, 0.717) is 44.0 Å². The Labute approximate surface area is 157 Å². The maximum Gasteiger partial charge on any atom is 0.391 e. The quantitative estimate of drug-likeness (QED) is 0.735. The van der Waals surface area contributed by atoms with Gasteiger partial charge in [0.05, 0.1) is 5.92 Å². The van der Waals surface area contributed by atoms with E-state index >= 15 is 0 Å². The number of aryl methyl sites for hydroxylation is 1. The van der Waals surface area contributed by atoms with Crippen molar-refractivity contribution in [2.45, 2.75) is 38.8 Å². The molecule has 3 rings (SSSR count). The van der Waals surface area contributed by atoms with Crippen molar-refractivity contribution in [1.29, 1.82) is 0 Å². The third kappa shape index (κ3) is 4.27. The molecule has 2 atom stereocenters. The van der Waals surface area contributed by atoms with Gasteiger partial charge >= 0.3 is 6.18 Å². The van der Waals surface area contributed by atoms with Gasteiger partial charge in [-0.1, -0.05) is 24.1 Å². The lowest BCUT2D eigenvalue weighted by Crippen LogP contribution is -2.51. The van der Waals surface area contributed by atoms with Crippen LogP contribution in [0.15, 0.2) is 18.2 Å². The molecule has 0 spiro atoms. The summed E-state index contributed by atoms with van der Waals surface area (Å²) in [6.45, 7) is 4.43. The summed E-state index contributed by atoms with van der Waals surface area (Å²) < 4.78 is 39.0. The Morgan fingerprint density at radius 1 is 1.15 bits per heavy atom. The predicted molar refractivity (Wildman–Crippen MR) is 96.5 cm³/mol. The van der Waals surface area contributed by atoms with Crippen LogP contribution in [0.2, 0.25) is 5.02 Å². The molecule has 1 saturated heterocycles. The van der Waals surface area contributed by atoms with E-state index in [0.717, 1.165) is 11.3 Å². The minimum absolute atomic E-state index is 0.0596. The van der Waals surface area contributed by atoms with Gasteiger partial charge in [-0.2, -0.15) is 13.2 Å². The molecule has 0 bridgehead atoms. The van der Waals surface area contributed by atoms with Crippen LogP contribution in [-0.2, 0) is 4.79 Å². The average Bonchev–Trinajstić information content (AvgIpc) is 2.63. The highest BCUT2D eigenvalue weighted by atomic mass is 35.5. The van der Waals surface area contributed by atoms with Gasteiger partial charge in [-0.05, 0) is 43.9 Å². The van der Waals surface area contributed by atoms with Crippen LogP contribution in [0, 0.1) is 18.8 Å². The molecule has 7 heteroatoms. The molecule has 2 fully saturated rings. The van der Waals surface area contributed by atoms with Crippen molar-refractivity contribution in [3.63, 3.8) is 0 Å². The summed E-state index contributed by atoms with van der Waals surface area (Å²) in [5.74, 6) is -1.93. The number of carbonyl (C=O) groups is 1. The smallest absolute Gasteiger partial charge is 0.368 e. The van der Waals surface area contributed by atoms with Crippen LogP contribution >= 0.6 is 11.6 Å². The van der Waals surface area contributed by atoms with Gasteiger partial charge in [0.2, 0.25) is 5.91 Å². The predicted octanol–water partition coefficient (Wildman–Crippen LogP) is 4.67. The number of amides is 1. The second-order valence-electron chi connectivity index (χ2n) is 7.35. The van der Waals surface area contributed by atoms with E-state index in [1.54, 1.807) is 4.90 Å². The normalized spacial score (nSPS) is 24.7. The molecule has 2 unspecified atom stereocenters. The molecule has 1 heterocycles. The number of halogens is 4. The van der Waals surface area contributed by atoms with Gasteiger partial charge in [0.1, 0.15) is 0 Å². The molecule has 1 amide bonds. The van der Waals surface area contributed by atoms with Crippen molar-refractivity contribution in [3.05, 3.63) is 28.8 Å². The summed E-state index contributed by atoms with van der Waals surface area (Å²) >= 11 is 6.08. The second kappa shape index (κ2) is 7.67. The maximum atomic E-state index is 13.0. The number of piperazine rings is 1. The molecule has 0 radical (unpaired) electrons. The van der Waals surface area contributed by atoms with Crippen molar-refractivity contribution in [2.24, 2.45) is 11.8 Å². The zero-order valence-electron chi connectivity index (χ0n) is 14.9. The van der Waals surface area contributed by atoms with E-state index < -0.39 is 18.0 Å². The minimum Gasteiger partial charge on any atom is -0.368 e. The molecule has 1 aliphatic carbocycles. The van der Waals surface area contributed by atoms with Gasteiger partial charge in [-0.25, -0.2) is 0 Å². The van der Waals surface area contributed by atoms with E-state index in [1.165, 1.54) is 0 Å². The van der Waals surface area contributed by atoms with E-state index in [9.17, 15) is 18.0 Å². The fourth-order valence-corrected chi connectivity index (χ4v) is 4.23. The number of hydrogen-bond donors (Lipinski definition) is 0. The Morgan fingerprint density at radius 3 is 2.50 bits per heavy atom. The summed E-state index contributed by atoms with van der Waals surface area (Å²) in [6.07, 6.45) is -3.06. The fraction of sp³-hybridized carbons (Fsp3) is 0.632. The van der Waals surface area contributed by atoms with Crippen LogP contribution in [0.25, 0.3) is 0 Å². The van der Waals surface area contributed by atoms with Crippen LogP contribution in [-0.4, -0.2) is 43.2 Å². The summed E-state index contributed by atoms with van der Waals surface area (Å²) in [5, 5.41) is 0.671. The maximum absolute atomic E-state index is 13.0. The number of alkyl halides is 3. The third-order valence-corrected chi connectivity index (χ3v) is 5.82. The molecular weight excluding hydrogens is 365 g/mol. The monoisotopic (exact) mass is 388 g/mol. The largest absolute Gasteiger partial charge is 0.391 e. The van der Waals surface area contributed by atoms with E-state index in [1.807, 2.05) is 25.1 Å². The van der Waals surface area contributed by atoms with Crippen molar-refractivity contribution in [2.75, 3.05) is 31.1 Å². The molecule has 0 aromatic heterocycles. The van der Waals surface area contributed by atoms with Crippen LogP contribution in [0.5, 0.6) is 0 Å². The number of benzene rings is 1. The van der Waals surface area contributed by atoms with Crippen LogP contribution < -0.4 is 4.90 Å². The van der Waals surface area contributed by atoms with E-state index in [-0.39, 0.29) is 18.7 Å². The first-order valence-corrected chi connectivity index (χ1v) is 9.50. The lowest BCUT2D eigenvalue weighted by Gasteiger charge is -2.39. The molecule has 1 saturated carbocycles. The van der Waals surface area contributed by atoms with Gasteiger partial charge in [0, 0.05) is 42.8 Å². The summed E-state index contributed by atoms with van der Waals surface area (Å²) in [4.78, 5) is 16.6. The molecule has 0 N–H and O–H groups in total. The molecule has 3 nitrogen and oxygen atoms in total. The average molecular weight is 389 g/mol. The Bertz CT molecular complexity index is 657. The number of nitrogens with zero attached hydrogens (tertiary/aromatic N) is 2. The van der Waals surface area contributed by atoms with Gasteiger partial charge in [-0.15, -0.1) is 0 Å². The highest BCUT2D eigenvalue weighted by Crippen LogP contribution is 2.40. The first-order chi connectivity index (χ1) is 12.3. The molecule has 144 valence electrons. The molecule has 1 aliphatic heterocycles. The zero-order valence-corrected chi connectivity index (χ0v) is 15.6. The molecule has 1 aromatic rings. The van der Waals surface area contributed by atoms with Crippen molar-refractivity contribution < 1.29 is 18.0 Å². The van der Waals surface area contributed by atoms with E-state index in [4.69, 9.17) is 11.6 Å². The fourth-order valence-electron chi connectivity index (χ4n) is 4.06. The summed E-state index contributed by atoms with van der Waals surface area (Å²) in [7, 11) is 0. The number of rotatable bonds is 2. The highest BCUT2D eigenvalue weighted by molar-refractivity contribution is 6.30. The van der Waals surface area contributed by atoms with Gasteiger partial charge in [-0.3, -0.25) is 4.79 Å². The Morgan fingerprint density at radius 2 is 1.85 bits per heavy atom. The van der Waals surface area contributed by atoms with E-state index in [2.05, 4.69) is 4.90 Å². The number of hydrogen-bond acceptors (Lipinski definition) is 2. The lowest BCUT2D eigenvalue weighted by molar-refractivity contribution is -0.187. The van der Waals surface area contributed by atoms with Gasteiger partial charge < -0.3 is 9.80 Å². The van der Waals surface area contributed by atoms with Crippen molar-refractivity contribution >= 4 is 23.2 Å². The first-order valence-electron chi connectivity index (χ1n) is 9.12. The third-order valence-electron chi connectivity index (χ3n) is 5.59. The van der Waals surface area contributed by atoms with Crippen molar-refractivity contribution in [3.8, 4) is 0 Å². The van der Waals surface area contributed by atoms with Crippen LogP contribution in [0.3, 0.4) is 0 Å². The first kappa shape index (κ1) is 19.3. The minimum atomic E-state index is -4.19. The van der Waals surface area contributed by atoms with Crippen molar-refractivity contribution in [1.82, 2.24) is 4.90 Å². The van der Waals surface area contributed by atoms with Crippen LogP contribution in [0.4, 0.5) is 18.9 Å². The van der Waals surface area contributed by atoms with Gasteiger partial charge in [0.15, 0.2) is 0 Å². The zero-order chi connectivity index (χ0) is 18.9. The van der Waals surface area contributed by atoms with Gasteiger partial charge in [0.25, 0.3) is 0 Å². The molecule has 1 aromatic carbocycles. The summed E-state index contributed by atoms with van der Waals surface area (Å²) in [6, 6.07) is 5.73. The highest BCUT2D eigenvalue weighted by Gasteiger charge is 2.44. The number of anilines is 1. The lowest BCUT2D eigenvalue weighted by atomic mass is 9.80. The SMILES string of the molecule is Cc1ccc(Cl)cc1N1CCN(C(=O)C2CCCC(C(F)(F)F)C2)CC1. The number of carbonyl (C=O) groups excluding carboxylic acids is 1. The molecule has 2 aliphatic rings. The molecule has 26 heavy (non-hydrogen) atoms. The Balaban J connectivity index is 1.59. The van der Waals surface area contributed by atoms with Crippen LogP contribution in [0.1, 0.15) is 31.2 Å². The Hall–Kier alpha value is -1.43. The standard InChI is InChI=1S/C19H24ClF3N2O/c1-13-5-6-16(20)12-17(13)24-7-9-25(10-8-24)18(26)14-3-2-4-15(11-14)19(21,22)23/h5-6,12,14-15H,2-4,7-11H2,1H3. The second-order valence-corrected chi connectivity index (χ2v) is 7.78. The summed E-state index contributed by atoms with van der Waals surface area (Å²) in [5.41, 5.74) is 2.17. The Kier molecular flexibility index (Phi) is 5.70. The topological polar surface area (TPSA) is 23.6 Å².